The van der Waals surface area contributed by atoms with Crippen molar-refractivity contribution in [3.8, 4) is 22.4 Å². The Morgan fingerprint density at radius 3 is 2.39 bits per heavy atom. The van der Waals surface area contributed by atoms with E-state index in [2.05, 4.69) is 24.6 Å². The third-order valence-corrected chi connectivity index (χ3v) is 5.15. The lowest BCUT2D eigenvalue weighted by Gasteiger charge is -2.11. The molecule has 2 heterocycles. The monoisotopic (exact) mass is 435 g/mol. The summed E-state index contributed by atoms with van der Waals surface area (Å²) in [6.45, 7) is 3.55. The first-order valence-electron chi connectivity index (χ1n) is 9.41. The summed E-state index contributed by atoms with van der Waals surface area (Å²) in [4.78, 5) is 34.0. The Balaban J connectivity index is 1.62. The molecule has 0 aliphatic carbocycles. The number of aromatic amines is 1. The van der Waals surface area contributed by atoms with E-state index in [-0.39, 0.29) is 5.69 Å². The van der Waals surface area contributed by atoms with E-state index >= 15 is 0 Å². The predicted octanol–water partition coefficient (Wildman–Crippen LogP) is 3.45. The van der Waals surface area contributed by atoms with E-state index in [4.69, 9.17) is 17.3 Å². The van der Waals surface area contributed by atoms with Crippen molar-refractivity contribution in [2.24, 2.45) is 5.73 Å². The lowest BCUT2D eigenvalue weighted by atomic mass is 10.00. The Hall–Kier alpha value is -3.78. The SMILES string of the molecule is Cc1nc(C)c(-c2ccc(-c3ccc(Cc4noc(=O)[nH]4)cc3Cl)cc2)nc1C(N)=O. The molecule has 0 fully saturated rings. The highest BCUT2D eigenvalue weighted by Gasteiger charge is 2.14. The molecular weight excluding hydrogens is 418 g/mol. The highest BCUT2D eigenvalue weighted by atomic mass is 35.5. The molecular formula is C22H18ClN5O3. The van der Waals surface area contributed by atoms with Crippen LogP contribution in [0.1, 0.15) is 33.3 Å². The topological polar surface area (TPSA) is 128 Å². The first-order valence-corrected chi connectivity index (χ1v) is 9.79. The second-order valence-electron chi connectivity index (χ2n) is 7.07. The Morgan fingerprint density at radius 2 is 1.77 bits per heavy atom. The number of rotatable bonds is 5. The minimum atomic E-state index is -0.607. The van der Waals surface area contributed by atoms with Crippen molar-refractivity contribution in [3.05, 3.63) is 86.5 Å². The zero-order chi connectivity index (χ0) is 22.1. The van der Waals surface area contributed by atoms with Gasteiger partial charge in [-0.3, -0.25) is 19.3 Å². The summed E-state index contributed by atoms with van der Waals surface area (Å²) in [7, 11) is 0. The number of hydrogen-bond acceptors (Lipinski definition) is 6. The molecule has 0 spiro atoms. The highest BCUT2D eigenvalue weighted by molar-refractivity contribution is 6.33. The molecule has 4 rings (SSSR count). The smallest absolute Gasteiger partial charge is 0.364 e. The van der Waals surface area contributed by atoms with Crippen molar-refractivity contribution >= 4 is 17.5 Å². The fourth-order valence-corrected chi connectivity index (χ4v) is 3.69. The summed E-state index contributed by atoms with van der Waals surface area (Å²) in [6, 6.07) is 13.3. The summed E-state index contributed by atoms with van der Waals surface area (Å²) in [6.07, 6.45) is 0.401. The number of primary amides is 1. The number of hydrogen-bond donors (Lipinski definition) is 2. The van der Waals surface area contributed by atoms with Gasteiger partial charge in [-0.1, -0.05) is 53.2 Å². The molecule has 156 valence electrons. The second-order valence-corrected chi connectivity index (χ2v) is 7.47. The minimum absolute atomic E-state index is 0.164. The Morgan fingerprint density at radius 1 is 1.06 bits per heavy atom. The number of benzene rings is 2. The molecule has 0 saturated carbocycles. The van der Waals surface area contributed by atoms with Gasteiger partial charge in [0.1, 0.15) is 5.69 Å². The average molecular weight is 436 g/mol. The van der Waals surface area contributed by atoms with Crippen molar-refractivity contribution in [2.75, 3.05) is 0 Å². The van der Waals surface area contributed by atoms with Gasteiger partial charge < -0.3 is 5.73 Å². The number of H-pyrrole nitrogens is 1. The van der Waals surface area contributed by atoms with Gasteiger partial charge in [-0.2, -0.15) is 0 Å². The van der Waals surface area contributed by atoms with E-state index in [0.717, 1.165) is 22.3 Å². The maximum absolute atomic E-state index is 11.6. The quantitative estimate of drug-likeness (QED) is 0.494. The standard InChI is InChI=1S/C22H18ClN5O3/c1-11-19(27-20(21(24)29)12(2)25-11)15-6-4-14(5-7-15)16-8-3-13(9-17(16)23)10-18-26-22(30)31-28-18/h3-9H,10H2,1-2H3,(H2,24,29)(H,26,28,30). The molecule has 31 heavy (non-hydrogen) atoms. The summed E-state index contributed by atoms with van der Waals surface area (Å²) in [5.74, 6) is -0.762. The molecule has 4 aromatic rings. The molecule has 3 N–H and O–H groups in total. The second kappa shape index (κ2) is 8.16. The van der Waals surface area contributed by atoms with Crippen LogP contribution in [0.25, 0.3) is 22.4 Å². The molecule has 0 aliphatic rings. The van der Waals surface area contributed by atoms with Crippen LogP contribution in [-0.4, -0.2) is 26.0 Å². The molecule has 2 aromatic carbocycles. The van der Waals surface area contributed by atoms with E-state index in [9.17, 15) is 9.59 Å². The van der Waals surface area contributed by atoms with Crippen LogP contribution in [0.4, 0.5) is 0 Å². The summed E-state index contributed by atoms with van der Waals surface area (Å²) < 4.78 is 4.51. The van der Waals surface area contributed by atoms with Crippen LogP contribution >= 0.6 is 11.6 Å². The maximum atomic E-state index is 11.6. The van der Waals surface area contributed by atoms with Crippen molar-refractivity contribution in [2.45, 2.75) is 20.3 Å². The number of aromatic nitrogens is 4. The molecule has 0 saturated heterocycles. The number of aryl methyl sites for hydroxylation is 2. The number of carbonyl (C=O) groups excluding carboxylic acids is 1. The predicted molar refractivity (Wildman–Crippen MR) is 116 cm³/mol. The van der Waals surface area contributed by atoms with Gasteiger partial charge in [0.25, 0.3) is 5.91 Å². The lowest BCUT2D eigenvalue weighted by Crippen LogP contribution is -2.17. The molecule has 9 heteroatoms. The molecule has 0 atom stereocenters. The average Bonchev–Trinajstić information content (AvgIpc) is 3.13. The van der Waals surface area contributed by atoms with Gasteiger partial charge in [-0.25, -0.2) is 9.78 Å². The first kappa shape index (κ1) is 20.5. The molecule has 0 unspecified atom stereocenters. The highest BCUT2D eigenvalue weighted by Crippen LogP contribution is 2.31. The largest absolute Gasteiger partial charge is 0.438 e. The van der Waals surface area contributed by atoms with Crippen LogP contribution in [0.5, 0.6) is 0 Å². The van der Waals surface area contributed by atoms with Gasteiger partial charge in [-0.15, -0.1) is 0 Å². The van der Waals surface area contributed by atoms with Crippen LogP contribution in [0.15, 0.2) is 51.8 Å². The van der Waals surface area contributed by atoms with Crippen molar-refractivity contribution in [1.29, 1.82) is 0 Å². The lowest BCUT2D eigenvalue weighted by molar-refractivity contribution is 0.0994. The maximum Gasteiger partial charge on any atom is 0.438 e. The van der Waals surface area contributed by atoms with Crippen molar-refractivity contribution in [3.63, 3.8) is 0 Å². The van der Waals surface area contributed by atoms with Gasteiger partial charge >= 0.3 is 5.76 Å². The number of nitrogens with two attached hydrogens (primary N) is 1. The summed E-state index contributed by atoms with van der Waals surface area (Å²) in [5, 5.41) is 4.23. The van der Waals surface area contributed by atoms with Gasteiger partial charge in [-0.05, 0) is 31.0 Å². The van der Waals surface area contributed by atoms with Crippen molar-refractivity contribution < 1.29 is 9.32 Å². The van der Waals surface area contributed by atoms with Crippen LogP contribution < -0.4 is 11.5 Å². The van der Waals surface area contributed by atoms with Gasteiger partial charge in [0.2, 0.25) is 0 Å². The normalized spacial score (nSPS) is 10.9. The van der Waals surface area contributed by atoms with E-state index in [0.29, 0.717) is 34.3 Å². The number of nitrogens with zero attached hydrogens (tertiary/aromatic N) is 3. The van der Waals surface area contributed by atoms with Crippen LogP contribution in [0.2, 0.25) is 5.02 Å². The van der Waals surface area contributed by atoms with Crippen LogP contribution in [0.3, 0.4) is 0 Å². The fraction of sp³-hybridized carbons (Fsp3) is 0.136. The zero-order valence-corrected chi connectivity index (χ0v) is 17.5. The Bertz CT molecular complexity index is 1340. The zero-order valence-electron chi connectivity index (χ0n) is 16.8. The number of halogens is 1. The minimum Gasteiger partial charge on any atom is -0.364 e. The van der Waals surface area contributed by atoms with Gasteiger partial charge in [0, 0.05) is 22.6 Å². The van der Waals surface area contributed by atoms with Gasteiger partial charge in [0.15, 0.2) is 5.82 Å². The summed E-state index contributed by atoms with van der Waals surface area (Å²) >= 11 is 6.50. The van der Waals surface area contributed by atoms with Crippen LogP contribution in [-0.2, 0) is 6.42 Å². The third kappa shape index (κ3) is 4.24. The number of amides is 1. The van der Waals surface area contributed by atoms with E-state index in [1.807, 2.05) is 49.4 Å². The molecule has 0 aliphatic heterocycles. The molecule has 1 amide bonds. The van der Waals surface area contributed by atoms with Crippen molar-refractivity contribution in [1.82, 2.24) is 20.1 Å². The Labute approximate surface area is 182 Å². The molecule has 2 aromatic heterocycles. The van der Waals surface area contributed by atoms with E-state index < -0.39 is 11.7 Å². The molecule has 8 nitrogen and oxygen atoms in total. The number of nitrogens with one attached hydrogen (secondary N) is 1. The molecule has 0 radical (unpaired) electrons. The van der Waals surface area contributed by atoms with E-state index in [1.54, 1.807) is 6.92 Å². The van der Waals surface area contributed by atoms with E-state index in [1.165, 1.54) is 0 Å². The fourth-order valence-electron chi connectivity index (χ4n) is 3.38. The molecule has 0 bridgehead atoms. The van der Waals surface area contributed by atoms with Crippen LogP contribution in [0, 0.1) is 13.8 Å². The third-order valence-electron chi connectivity index (χ3n) is 4.84. The van der Waals surface area contributed by atoms with Gasteiger partial charge in [0.05, 0.1) is 17.1 Å². The summed E-state index contributed by atoms with van der Waals surface area (Å²) in [5.41, 5.74) is 10.9. The Kier molecular flexibility index (Phi) is 5.39. The first-order chi connectivity index (χ1) is 14.8. The number of carbonyl (C=O) groups is 1.